The second-order valence-corrected chi connectivity index (χ2v) is 7.28. The van der Waals surface area contributed by atoms with E-state index < -0.39 is 12.0 Å². The molecule has 0 saturated carbocycles. The standard InChI is InChI=1S/C18H20Cl2N6O4/c1-29-18-24-15(22)14-16(25-18)26(8-23-14)7-10-11(20)5-9(19)6-13(10)30-4-2-3-12(21)17(27)28/h5-6,8,12H,2-4,7,21H2,1H3,(H,27,28)(H2,22,24,25). The second-order valence-electron chi connectivity index (χ2n) is 6.44. The molecule has 160 valence electrons. The summed E-state index contributed by atoms with van der Waals surface area (Å²) < 4.78 is 12.6. The zero-order valence-corrected chi connectivity index (χ0v) is 17.5. The van der Waals surface area contributed by atoms with Crippen LogP contribution >= 0.6 is 23.2 Å². The number of carboxylic acids is 1. The van der Waals surface area contributed by atoms with Crippen LogP contribution in [0.15, 0.2) is 18.5 Å². The van der Waals surface area contributed by atoms with Gasteiger partial charge in [-0.15, -0.1) is 0 Å². The Labute approximate surface area is 181 Å². The first-order chi connectivity index (χ1) is 14.3. The van der Waals surface area contributed by atoms with Gasteiger partial charge in [0.05, 0.1) is 31.6 Å². The lowest BCUT2D eigenvalue weighted by molar-refractivity contribution is -0.138. The van der Waals surface area contributed by atoms with Gasteiger partial charge in [0.2, 0.25) is 0 Å². The number of nitrogen functional groups attached to an aromatic ring is 1. The van der Waals surface area contributed by atoms with E-state index in [0.29, 0.717) is 38.9 Å². The number of carbonyl (C=O) groups is 1. The smallest absolute Gasteiger partial charge is 0.320 e. The number of anilines is 1. The first-order valence-corrected chi connectivity index (χ1v) is 9.67. The highest BCUT2D eigenvalue weighted by atomic mass is 35.5. The molecule has 2 heterocycles. The van der Waals surface area contributed by atoms with Gasteiger partial charge in [-0.1, -0.05) is 23.2 Å². The number of halogens is 2. The van der Waals surface area contributed by atoms with Crippen molar-refractivity contribution in [2.75, 3.05) is 19.5 Å². The molecule has 0 aliphatic carbocycles. The van der Waals surface area contributed by atoms with Gasteiger partial charge in [0.1, 0.15) is 11.8 Å². The van der Waals surface area contributed by atoms with E-state index in [-0.39, 0.29) is 31.4 Å². The lowest BCUT2D eigenvalue weighted by Crippen LogP contribution is -2.30. The van der Waals surface area contributed by atoms with Gasteiger partial charge in [0, 0.05) is 10.6 Å². The van der Waals surface area contributed by atoms with Crippen LogP contribution < -0.4 is 20.9 Å². The molecule has 1 atom stereocenters. The van der Waals surface area contributed by atoms with E-state index in [1.807, 2.05) is 0 Å². The molecule has 1 aromatic carbocycles. The minimum atomic E-state index is -1.05. The Morgan fingerprint density at radius 2 is 2.10 bits per heavy atom. The number of nitrogens with zero attached hydrogens (tertiary/aromatic N) is 4. The molecule has 2 aromatic heterocycles. The summed E-state index contributed by atoms with van der Waals surface area (Å²) in [5.41, 5.74) is 13.0. The molecule has 3 rings (SSSR count). The van der Waals surface area contributed by atoms with Crippen molar-refractivity contribution >= 4 is 46.2 Å². The SMILES string of the molecule is COc1nc(N)c2ncn(Cc3c(Cl)cc(Cl)cc3OCCCC(N)C(=O)O)c2n1. The van der Waals surface area contributed by atoms with Gasteiger partial charge >= 0.3 is 12.0 Å². The van der Waals surface area contributed by atoms with E-state index in [1.54, 1.807) is 23.0 Å². The number of nitrogens with two attached hydrogens (primary N) is 2. The van der Waals surface area contributed by atoms with Crippen LogP contribution in [0, 0.1) is 0 Å². The molecule has 5 N–H and O–H groups in total. The third-order valence-corrected chi connectivity index (χ3v) is 4.89. The molecule has 30 heavy (non-hydrogen) atoms. The topological polar surface area (TPSA) is 151 Å². The molecule has 0 saturated heterocycles. The van der Waals surface area contributed by atoms with Crippen molar-refractivity contribution in [3.8, 4) is 11.8 Å². The van der Waals surface area contributed by atoms with Crippen LogP contribution in [0.5, 0.6) is 11.8 Å². The van der Waals surface area contributed by atoms with E-state index >= 15 is 0 Å². The lowest BCUT2D eigenvalue weighted by atomic mass is 10.1. The Kier molecular flexibility index (Phi) is 6.80. The van der Waals surface area contributed by atoms with Crippen LogP contribution in [0.4, 0.5) is 5.82 Å². The third kappa shape index (κ3) is 4.84. The van der Waals surface area contributed by atoms with Gasteiger partial charge < -0.3 is 30.6 Å². The van der Waals surface area contributed by atoms with Gasteiger partial charge in [-0.3, -0.25) is 4.79 Å². The number of aromatic nitrogens is 4. The number of hydrogen-bond acceptors (Lipinski definition) is 8. The highest BCUT2D eigenvalue weighted by Gasteiger charge is 2.17. The molecule has 12 heteroatoms. The van der Waals surface area contributed by atoms with Crippen molar-refractivity contribution in [1.29, 1.82) is 0 Å². The summed E-state index contributed by atoms with van der Waals surface area (Å²) in [6, 6.07) is 2.43. The largest absolute Gasteiger partial charge is 0.493 e. The molecule has 0 aliphatic rings. The summed E-state index contributed by atoms with van der Waals surface area (Å²) in [6.45, 7) is 0.522. The number of hydrogen-bond donors (Lipinski definition) is 3. The van der Waals surface area contributed by atoms with E-state index in [2.05, 4.69) is 15.0 Å². The summed E-state index contributed by atoms with van der Waals surface area (Å²) in [7, 11) is 1.44. The lowest BCUT2D eigenvalue weighted by Gasteiger charge is -2.15. The number of benzene rings is 1. The number of aliphatic carboxylic acids is 1. The van der Waals surface area contributed by atoms with Gasteiger partial charge in [-0.2, -0.15) is 9.97 Å². The molecule has 0 radical (unpaired) electrons. The average Bonchev–Trinajstić information content (AvgIpc) is 3.10. The number of imidazole rings is 1. The zero-order chi connectivity index (χ0) is 21.8. The van der Waals surface area contributed by atoms with Crippen molar-refractivity contribution in [2.24, 2.45) is 5.73 Å². The third-order valence-electron chi connectivity index (χ3n) is 4.33. The number of carboxylic acid groups (broad SMARTS) is 1. The van der Waals surface area contributed by atoms with Crippen molar-refractivity contribution in [3.05, 3.63) is 34.1 Å². The second kappa shape index (κ2) is 9.33. The van der Waals surface area contributed by atoms with Gasteiger partial charge in [0.25, 0.3) is 0 Å². The van der Waals surface area contributed by atoms with Crippen LogP contribution in [0.3, 0.4) is 0 Å². The summed E-state index contributed by atoms with van der Waals surface area (Å²) in [5.74, 6) is -0.388. The Hall–Kier alpha value is -2.82. The van der Waals surface area contributed by atoms with E-state index in [4.69, 9.17) is 49.2 Å². The Morgan fingerprint density at radius 1 is 1.33 bits per heavy atom. The number of fused-ring (bicyclic) bond motifs is 1. The Balaban J connectivity index is 1.85. The summed E-state index contributed by atoms with van der Waals surface area (Å²) in [4.78, 5) is 23.4. The minimum Gasteiger partial charge on any atom is -0.493 e. The van der Waals surface area contributed by atoms with Crippen LogP contribution in [-0.2, 0) is 11.3 Å². The predicted octanol–water partition coefficient (Wildman–Crippen LogP) is 2.34. The van der Waals surface area contributed by atoms with Gasteiger partial charge in [-0.05, 0) is 25.0 Å². The average molecular weight is 455 g/mol. The molecular weight excluding hydrogens is 435 g/mol. The first-order valence-electron chi connectivity index (χ1n) is 8.91. The molecule has 10 nitrogen and oxygen atoms in total. The quantitative estimate of drug-likeness (QED) is 0.413. The molecule has 1 unspecified atom stereocenters. The summed E-state index contributed by atoms with van der Waals surface area (Å²) in [6.07, 6.45) is 2.29. The maximum Gasteiger partial charge on any atom is 0.320 e. The van der Waals surface area contributed by atoms with Crippen LogP contribution in [0.1, 0.15) is 18.4 Å². The number of ether oxygens (including phenoxy) is 2. The van der Waals surface area contributed by atoms with Gasteiger partial charge in [0.15, 0.2) is 17.0 Å². The molecule has 0 amide bonds. The summed E-state index contributed by atoms with van der Waals surface area (Å²) >= 11 is 12.5. The Morgan fingerprint density at radius 3 is 2.80 bits per heavy atom. The van der Waals surface area contributed by atoms with E-state index in [0.717, 1.165) is 0 Å². The van der Waals surface area contributed by atoms with Crippen molar-refractivity contribution in [1.82, 2.24) is 19.5 Å². The van der Waals surface area contributed by atoms with Crippen molar-refractivity contribution in [2.45, 2.75) is 25.4 Å². The fourth-order valence-corrected chi connectivity index (χ4v) is 3.33. The van der Waals surface area contributed by atoms with E-state index in [1.165, 1.54) is 7.11 Å². The van der Waals surface area contributed by atoms with E-state index in [9.17, 15) is 4.79 Å². The fourth-order valence-electron chi connectivity index (χ4n) is 2.79. The first kappa shape index (κ1) is 21.9. The maximum atomic E-state index is 10.8. The minimum absolute atomic E-state index is 0.121. The van der Waals surface area contributed by atoms with Crippen LogP contribution in [-0.4, -0.2) is 50.4 Å². The molecule has 3 aromatic rings. The highest BCUT2D eigenvalue weighted by molar-refractivity contribution is 6.35. The van der Waals surface area contributed by atoms with Crippen LogP contribution in [0.2, 0.25) is 10.0 Å². The fraction of sp³-hybridized carbons (Fsp3) is 0.333. The summed E-state index contributed by atoms with van der Waals surface area (Å²) in [5, 5.41) is 9.67. The molecular formula is C18H20Cl2N6O4. The maximum absolute atomic E-state index is 10.8. The molecule has 0 aliphatic heterocycles. The molecule has 0 spiro atoms. The van der Waals surface area contributed by atoms with Gasteiger partial charge in [-0.25, -0.2) is 4.98 Å². The monoisotopic (exact) mass is 454 g/mol. The predicted molar refractivity (Wildman–Crippen MR) is 112 cm³/mol. The van der Waals surface area contributed by atoms with Crippen LogP contribution in [0.25, 0.3) is 11.2 Å². The number of methoxy groups -OCH3 is 1. The zero-order valence-electron chi connectivity index (χ0n) is 16.0. The van der Waals surface area contributed by atoms with Crippen molar-refractivity contribution in [3.63, 3.8) is 0 Å². The molecule has 0 bridgehead atoms. The highest BCUT2D eigenvalue weighted by Crippen LogP contribution is 2.33. The molecule has 0 fully saturated rings. The number of rotatable bonds is 9. The Bertz CT molecular complexity index is 1070. The van der Waals surface area contributed by atoms with Crippen molar-refractivity contribution < 1.29 is 19.4 Å². The normalized spacial score (nSPS) is 12.1.